The molecule has 0 bridgehead atoms. The number of aliphatic imine (C=N–C) groups is 1. The van der Waals surface area contributed by atoms with E-state index in [-0.39, 0.29) is 0 Å². The third-order valence-corrected chi connectivity index (χ3v) is 4.26. The molecule has 0 saturated carbocycles. The van der Waals surface area contributed by atoms with Crippen LogP contribution in [0.3, 0.4) is 0 Å². The number of para-hydroxylation sites is 1. The Morgan fingerprint density at radius 1 is 1.07 bits per heavy atom. The molecule has 0 atom stereocenters. The van der Waals surface area contributed by atoms with E-state index in [2.05, 4.69) is 47.7 Å². The summed E-state index contributed by atoms with van der Waals surface area (Å²) in [6.07, 6.45) is 7.47. The smallest absolute Gasteiger partial charge is 0.0941 e. The van der Waals surface area contributed by atoms with Crippen molar-refractivity contribution in [3.8, 4) is 0 Å². The van der Waals surface area contributed by atoms with Crippen LogP contribution in [0.4, 0.5) is 11.4 Å². The lowest BCUT2D eigenvalue weighted by molar-refractivity contribution is 0.767. The van der Waals surface area contributed by atoms with Gasteiger partial charge >= 0.3 is 0 Å². The predicted octanol–water partition coefficient (Wildman–Crippen LogP) is 4.76. The lowest BCUT2D eigenvalue weighted by Crippen LogP contribution is -2.04. The van der Waals surface area contributed by atoms with Gasteiger partial charge in [0.15, 0.2) is 0 Å². The number of hydrazone groups is 1. The van der Waals surface area contributed by atoms with Gasteiger partial charge in [0.05, 0.1) is 29.5 Å². The normalized spacial score (nSPS) is 11.9. The Kier molecular flexibility index (Phi) is 6.15. The van der Waals surface area contributed by atoms with Crippen LogP contribution in [0.15, 0.2) is 71.0 Å². The van der Waals surface area contributed by atoms with Crippen molar-refractivity contribution in [1.29, 1.82) is 0 Å². The topological polar surface area (TPSA) is 54.6 Å². The number of hydrogen-bond donors (Lipinski definition) is 1. The van der Waals surface area contributed by atoms with Gasteiger partial charge < -0.3 is 0 Å². The third-order valence-electron chi connectivity index (χ3n) is 4.26. The van der Waals surface area contributed by atoms with Crippen molar-refractivity contribution in [2.24, 2.45) is 17.1 Å². The number of nitrogens with zero attached hydrogens (tertiary/aromatic N) is 4. The summed E-state index contributed by atoms with van der Waals surface area (Å²) in [5, 5.41) is 8.68. The van der Waals surface area contributed by atoms with Gasteiger partial charge in [-0.2, -0.15) is 10.2 Å². The van der Waals surface area contributed by atoms with E-state index in [0.717, 1.165) is 35.5 Å². The number of hydrogen-bond acceptors (Lipinski definition) is 4. The highest BCUT2D eigenvalue weighted by Crippen LogP contribution is 2.17. The van der Waals surface area contributed by atoms with Gasteiger partial charge in [0.1, 0.15) is 0 Å². The Morgan fingerprint density at radius 2 is 1.78 bits per heavy atom. The summed E-state index contributed by atoms with van der Waals surface area (Å²) in [6, 6.07) is 16.4. The second kappa shape index (κ2) is 8.94. The van der Waals surface area contributed by atoms with Crippen molar-refractivity contribution in [2.75, 3.05) is 5.43 Å². The van der Waals surface area contributed by atoms with E-state index in [4.69, 9.17) is 4.99 Å². The zero-order chi connectivity index (χ0) is 19.1. The molecule has 0 spiro atoms. The summed E-state index contributed by atoms with van der Waals surface area (Å²) in [7, 11) is 1.89. The van der Waals surface area contributed by atoms with Gasteiger partial charge in [-0.3, -0.25) is 10.1 Å². The zero-order valence-electron chi connectivity index (χ0n) is 16.1. The van der Waals surface area contributed by atoms with E-state index in [0.29, 0.717) is 0 Å². The summed E-state index contributed by atoms with van der Waals surface area (Å²) >= 11 is 0. The van der Waals surface area contributed by atoms with Crippen LogP contribution in [0.2, 0.25) is 0 Å². The minimum absolute atomic E-state index is 0.754. The highest BCUT2D eigenvalue weighted by molar-refractivity contribution is 6.38. The van der Waals surface area contributed by atoms with Gasteiger partial charge in [0.2, 0.25) is 0 Å². The molecule has 3 rings (SSSR count). The molecule has 27 heavy (non-hydrogen) atoms. The molecule has 5 heteroatoms. The summed E-state index contributed by atoms with van der Waals surface area (Å²) < 4.78 is 1.76. The molecule has 1 N–H and O–H groups in total. The first-order valence-electron chi connectivity index (χ1n) is 9.22. The maximum Gasteiger partial charge on any atom is 0.0941 e. The van der Waals surface area contributed by atoms with Crippen molar-refractivity contribution < 1.29 is 0 Å². The maximum absolute atomic E-state index is 4.71. The van der Waals surface area contributed by atoms with Crippen LogP contribution in [0.25, 0.3) is 0 Å². The lowest BCUT2D eigenvalue weighted by Gasteiger charge is -2.07. The van der Waals surface area contributed by atoms with Crippen molar-refractivity contribution in [3.63, 3.8) is 0 Å². The van der Waals surface area contributed by atoms with Gasteiger partial charge in [0, 0.05) is 18.8 Å². The Bertz CT molecular complexity index is 916. The Labute approximate surface area is 160 Å². The van der Waals surface area contributed by atoms with E-state index < -0.39 is 0 Å². The molecule has 5 nitrogen and oxygen atoms in total. The largest absolute Gasteiger partial charge is 0.278 e. The average molecular weight is 359 g/mol. The SMILES string of the molecule is CCc1cc(CC)cc(N/N=C\C(=Nc2ccccc2)c2cnn(C)c2)c1. The van der Waals surface area contributed by atoms with Gasteiger partial charge in [-0.05, 0) is 48.2 Å². The van der Waals surface area contributed by atoms with Crippen LogP contribution < -0.4 is 5.43 Å². The van der Waals surface area contributed by atoms with Gasteiger partial charge in [-0.15, -0.1) is 0 Å². The molecule has 1 aromatic heterocycles. The first-order chi connectivity index (χ1) is 13.2. The third kappa shape index (κ3) is 5.14. The van der Waals surface area contributed by atoms with Crippen molar-refractivity contribution >= 4 is 23.3 Å². The second-order valence-electron chi connectivity index (χ2n) is 6.35. The van der Waals surface area contributed by atoms with E-state index >= 15 is 0 Å². The fraction of sp³-hybridized carbons (Fsp3) is 0.227. The number of aryl methyl sites for hydroxylation is 3. The number of rotatable bonds is 7. The standard InChI is InChI=1S/C22H25N5/c1-4-17-11-18(5-2)13-21(12-17)26-23-15-22(19-14-24-27(3)16-19)25-20-9-7-6-8-10-20/h6-16,26H,4-5H2,1-3H3/b23-15-,25-22?. The van der Waals surface area contributed by atoms with Crippen LogP contribution in [-0.2, 0) is 19.9 Å². The molecule has 138 valence electrons. The Balaban J connectivity index is 1.85. The van der Waals surface area contributed by atoms with E-state index in [1.54, 1.807) is 17.1 Å². The number of anilines is 1. The molecule has 0 aliphatic heterocycles. The summed E-state index contributed by atoms with van der Waals surface area (Å²) in [4.78, 5) is 4.71. The minimum atomic E-state index is 0.754. The minimum Gasteiger partial charge on any atom is -0.278 e. The fourth-order valence-electron chi connectivity index (χ4n) is 2.77. The van der Waals surface area contributed by atoms with Gasteiger partial charge in [-0.1, -0.05) is 38.1 Å². The molecule has 0 aliphatic rings. The summed E-state index contributed by atoms with van der Waals surface area (Å²) in [5.41, 5.74) is 9.30. The molecule has 0 saturated heterocycles. The first-order valence-corrected chi connectivity index (χ1v) is 9.22. The Hall–Kier alpha value is -3.21. The van der Waals surface area contributed by atoms with E-state index in [1.807, 2.05) is 43.6 Å². The summed E-state index contributed by atoms with van der Waals surface area (Å²) in [5.74, 6) is 0. The molecule has 1 heterocycles. The first kappa shape index (κ1) is 18.6. The van der Waals surface area contributed by atoms with Crippen molar-refractivity contribution in [2.45, 2.75) is 26.7 Å². The molecular formula is C22H25N5. The highest BCUT2D eigenvalue weighted by Gasteiger charge is 2.05. The van der Waals surface area contributed by atoms with Gasteiger partial charge in [-0.25, -0.2) is 4.99 Å². The predicted molar refractivity (Wildman–Crippen MR) is 113 cm³/mol. The van der Waals surface area contributed by atoms with Crippen molar-refractivity contribution in [1.82, 2.24) is 9.78 Å². The highest BCUT2D eigenvalue weighted by atomic mass is 15.3. The van der Waals surface area contributed by atoms with Crippen LogP contribution in [0.1, 0.15) is 30.5 Å². The molecule has 0 aliphatic carbocycles. The molecule has 3 aromatic rings. The van der Waals surface area contributed by atoms with Gasteiger partial charge in [0.25, 0.3) is 0 Å². The Morgan fingerprint density at radius 3 is 2.37 bits per heavy atom. The van der Waals surface area contributed by atoms with Crippen molar-refractivity contribution in [3.05, 3.63) is 77.6 Å². The molecule has 0 fully saturated rings. The lowest BCUT2D eigenvalue weighted by atomic mass is 10.1. The quantitative estimate of drug-likeness (QED) is 0.488. The molecule has 0 unspecified atom stereocenters. The fourth-order valence-corrected chi connectivity index (χ4v) is 2.77. The van der Waals surface area contributed by atoms with Crippen LogP contribution in [-0.4, -0.2) is 21.7 Å². The number of aromatic nitrogens is 2. The average Bonchev–Trinajstić information content (AvgIpc) is 3.14. The van der Waals surface area contributed by atoms with Crippen LogP contribution in [0, 0.1) is 0 Å². The van der Waals surface area contributed by atoms with E-state index in [9.17, 15) is 0 Å². The molecule has 2 aromatic carbocycles. The molecular weight excluding hydrogens is 334 g/mol. The molecule has 0 amide bonds. The monoisotopic (exact) mass is 359 g/mol. The maximum atomic E-state index is 4.71. The zero-order valence-corrected chi connectivity index (χ0v) is 16.1. The van der Waals surface area contributed by atoms with Crippen LogP contribution >= 0.6 is 0 Å². The number of benzene rings is 2. The second-order valence-corrected chi connectivity index (χ2v) is 6.35. The van der Waals surface area contributed by atoms with Crippen LogP contribution in [0.5, 0.6) is 0 Å². The summed E-state index contributed by atoms with van der Waals surface area (Å²) in [6.45, 7) is 4.32. The molecule has 0 radical (unpaired) electrons. The van der Waals surface area contributed by atoms with E-state index in [1.165, 1.54) is 11.1 Å². The number of nitrogens with one attached hydrogen (secondary N) is 1.